The van der Waals surface area contributed by atoms with Crippen LogP contribution in [0.1, 0.15) is 58.8 Å². The van der Waals surface area contributed by atoms with Crippen LogP contribution < -0.4 is 0 Å². The number of aliphatic hydroxyl groups is 1. The van der Waals surface area contributed by atoms with E-state index in [1.165, 1.54) is 32.1 Å². The van der Waals surface area contributed by atoms with E-state index < -0.39 is 0 Å². The summed E-state index contributed by atoms with van der Waals surface area (Å²) in [5, 5.41) is 10.8. The molecule has 0 aromatic carbocycles. The molecule has 0 amide bonds. The maximum Gasteiger partial charge on any atom is 0.0684 e. The van der Waals surface area contributed by atoms with Gasteiger partial charge in [-0.15, -0.1) is 0 Å². The van der Waals surface area contributed by atoms with Crippen LogP contribution in [0.15, 0.2) is 0 Å². The van der Waals surface area contributed by atoms with Crippen LogP contribution in [0.3, 0.4) is 0 Å². The summed E-state index contributed by atoms with van der Waals surface area (Å²) < 4.78 is 0. The first-order chi connectivity index (χ1) is 7.07. The Kier molecular flexibility index (Phi) is 2.03. The van der Waals surface area contributed by atoms with Gasteiger partial charge >= 0.3 is 0 Å². The minimum atomic E-state index is -0.260. The Bertz CT molecular complexity index is 267. The van der Waals surface area contributed by atoms with Gasteiger partial charge in [0, 0.05) is 0 Å². The molecule has 0 aromatic heterocycles. The molecule has 0 heterocycles. The van der Waals surface area contributed by atoms with Crippen molar-refractivity contribution in [1.29, 1.82) is 0 Å². The van der Waals surface area contributed by atoms with Crippen LogP contribution in [-0.4, -0.2) is 10.7 Å². The van der Waals surface area contributed by atoms with Gasteiger partial charge in [-0.2, -0.15) is 0 Å². The summed E-state index contributed by atoms with van der Waals surface area (Å²) in [5.74, 6) is 2.22. The van der Waals surface area contributed by atoms with E-state index in [-0.39, 0.29) is 5.60 Å². The van der Waals surface area contributed by atoms with Gasteiger partial charge in [0.25, 0.3) is 0 Å². The van der Waals surface area contributed by atoms with Crippen molar-refractivity contribution in [2.24, 2.45) is 23.2 Å². The van der Waals surface area contributed by atoms with E-state index in [9.17, 15) is 5.11 Å². The normalized spacial score (nSPS) is 47.2. The molecule has 1 N–H and O–H groups in total. The van der Waals surface area contributed by atoms with Gasteiger partial charge in [0.15, 0.2) is 0 Å². The second-order valence-electron chi connectivity index (χ2n) is 6.76. The Balaban J connectivity index is 1.93. The fraction of sp³-hybridized carbons (Fsp3) is 1.00. The van der Waals surface area contributed by atoms with Crippen LogP contribution in [0.25, 0.3) is 0 Å². The third kappa shape index (κ3) is 1.32. The number of hydrogen-bond acceptors (Lipinski definition) is 1. The average molecular weight is 208 g/mol. The van der Waals surface area contributed by atoms with E-state index in [4.69, 9.17) is 0 Å². The Morgan fingerprint density at radius 1 is 1.13 bits per heavy atom. The molecule has 0 aromatic rings. The third-order valence-corrected chi connectivity index (χ3v) is 5.47. The predicted molar refractivity (Wildman–Crippen MR) is 61.5 cm³/mol. The first-order valence-corrected chi connectivity index (χ1v) is 6.80. The molecule has 0 saturated heterocycles. The quantitative estimate of drug-likeness (QED) is 0.700. The van der Waals surface area contributed by atoms with Crippen LogP contribution in [0, 0.1) is 23.2 Å². The zero-order chi connectivity index (χ0) is 10.7. The van der Waals surface area contributed by atoms with Crippen molar-refractivity contribution in [3.05, 3.63) is 0 Å². The van der Waals surface area contributed by atoms with Crippen LogP contribution >= 0.6 is 0 Å². The summed E-state index contributed by atoms with van der Waals surface area (Å²) in [6, 6.07) is 0. The molecule has 3 fully saturated rings. The van der Waals surface area contributed by atoms with Crippen LogP contribution in [0.5, 0.6) is 0 Å². The van der Waals surface area contributed by atoms with Crippen LogP contribution in [0.4, 0.5) is 0 Å². The summed E-state index contributed by atoms with van der Waals surface area (Å²) in [6.07, 6.45) is 8.92. The molecule has 86 valence electrons. The fourth-order valence-electron chi connectivity index (χ4n) is 4.98. The zero-order valence-corrected chi connectivity index (χ0v) is 10.1. The van der Waals surface area contributed by atoms with Gasteiger partial charge in [0.2, 0.25) is 0 Å². The van der Waals surface area contributed by atoms with Gasteiger partial charge in [-0.05, 0) is 55.3 Å². The molecule has 3 saturated carbocycles. The topological polar surface area (TPSA) is 20.2 Å². The first kappa shape index (κ1) is 10.1. The molecule has 0 aliphatic heterocycles. The standard InChI is InChI=1S/C14H24O/c1-10(2)12-11-5-3-4-6-14(11,15)9-13(12)7-8-13/h10-12,15H,3-9H2,1-2H3/t11-,12-,14-/m0/s1. The van der Waals surface area contributed by atoms with E-state index in [2.05, 4.69) is 13.8 Å². The second-order valence-corrected chi connectivity index (χ2v) is 6.76. The summed E-state index contributed by atoms with van der Waals surface area (Å²) >= 11 is 0. The van der Waals surface area contributed by atoms with Crippen molar-refractivity contribution >= 4 is 0 Å². The van der Waals surface area contributed by atoms with E-state index in [1.807, 2.05) is 0 Å². The highest BCUT2D eigenvalue weighted by Gasteiger charge is 2.65. The number of hydrogen-bond donors (Lipinski definition) is 1. The SMILES string of the molecule is CC(C)[C@H]1[C@@H]2CCCC[C@]2(O)CC12CC2. The molecule has 1 spiro atoms. The molecule has 3 rings (SSSR count). The third-order valence-electron chi connectivity index (χ3n) is 5.47. The lowest BCUT2D eigenvalue weighted by atomic mass is 9.71. The van der Waals surface area contributed by atoms with Gasteiger partial charge in [-0.25, -0.2) is 0 Å². The maximum atomic E-state index is 10.8. The molecular weight excluding hydrogens is 184 g/mol. The summed E-state index contributed by atoms with van der Waals surface area (Å²) in [5.41, 5.74) is 0.321. The van der Waals surface area contributed by atoms with E-state index >= 15 is 0 Å². The second kappa shape index (κ2) is 3.00. The summed E-state index contributed by atoms with van der Waals surface area (Å²) in [7, 11) is 0. The lowest BCUT2D eigenvalue weighted by molar-refractivity contribution is -0.0418. The Morgan fingerprint density at radius 2 is 1.87 bits per heavy atom. The molecular formula is C14H24O. The molecule has 3 aliphatic carbocycles. The van der Waals surface area contributed by atoms with Crippen molar-refractivity contribution in [3.63, 3.8) is 0 Å². The lowest BCUT2D eigenvalue weighted by Gasteiger charge is -2.38. The molecule has 15 heavy (non-hydrogen) atoms. The number of rotatable bonds is 1. The average Bonchev–Trinajstić information content (AvgIpc) is 2.80. The molecule has 0 radical (unpaired) electrons. The van der Waals surface area contributed by atoms with Crippen molar-refractivity contribution in [1.82, 2.24) is 0 Å². The van der Waals surface area contributed by atoms with Gasteiger partial charge in [-0.1, -0.05) is 26.7 Å². The highest BCUT2D eigenvalue weighted by Crippen LogP contribution is 2.70. The molecule has 3 atom stereocenters. The largest absolute Gasteiger partial charge is 0.390 e. The molecule has 3 aliphatic rings. The highest BCUT2D eigenvalue weighted by atomic mass is 16.3. The van der Waals surface area contributed by atoms with Crippen molar-refractivity contribution < 1.29 is 5.11 Å². The fourth-order valence-corrected chi connectivity index (χ4v) is 4.98. The van der Waals surface area contributed by atoms with Crippen molar-refractivity contribution in [3.8, 4) is 0 Å². The summed E-state index contributed by atoms with van der Waals surface area (Å²) in [6.45, 7) is 4.73. The predicted octanol–water partition coefficient (Wildman–Crippen LogP) is 3.36. The van der Waals surface area contributed by atoms with E-state index in [1.54, 1.807) is 0 Å². The minimum Gasteiger partial charge on any atom is -0.390 e. The molecule has 1 nitrogen and oxygen atoms in total. The minimum absolute atomic E-state index is 0.260. The molecule has 0 unspecified atom stereocenters. The summed E-state index contributed by atoms with van der Waals surface area (Å²) in [4.78, 5) is 0. The van der Waals surface area contributed by atoms with Gasteiger partial charge in [0.05, 0.1) is 5.60 Å². The Morgan fingerprint density at radius 3 is 2.47 bits per heavy atom. The highest BCUT2D eigenvalue weighted by molar-refractivity contribution is 5.15. The zero-order valence-electron chi connectivity index (χ0n) is 10.1. The van der Waals surface area contributed by atoms with Crippen LogP contribution in [-0.2, 0) is 0 Å². The van der Waals surface area contributed by atoms with Gasteiger partial charge < -0.3 is 5.11 Å². The Labute approximate surface area is 93.3 Å². The smallest absolute Gasteiger partial charge is 0.0684 e. The van der Waals surface area contributed by atoms with Crippen LogP contribution in [0.2, 0.25) is 0 Å². The first-order valence-electron chi connectivity index (χ1n) is 6.80. The number of fused-ring (bicyclic) bond motifs is 1. The lowest BCUT2D eigenvalue weighted by Crippen LogP contribution is -2.39. The van der Waals surface area contributed by atoms with E-state index in [0.29, 0.717) is 11.3 Å². The maximum absolute atomic E-state index is 10.8. The monoisotopic (exact) mass is 208 g/mol. The molecule has 1 heteroatoms. The van der Waals surface area contributed by atoms with Crippen molar-refractivity contribution in [2.45, 2.75) is 64.4 Å². The Hall–Kier alpha value is -0.0400. The van der Waals surface area contributed by atoms with Crippen molar-refractivity contribution in [2.75, 3.05) is 0 Å². The van der Waals surface area contributed by atoms with Gasteiger partial charge in [-0.3, -0.25) is 0 Å². The van der Waals surface area contributed by atoms with Gasteiger partial charge in [0.1, 0.15) is 0 Å². The molecule has 0 bridgehead atoms. The van der Waals surface area contributed by atoms with E-state index in [0.717, 1.165) is 24.7 Å².